The Balaban J connectivity index is 1.20. The molecule has 0 radical (unpaired) electrons. The summed E-state index contributed by atoms with van der Waals surface area (Å²) < 4.78 is 11.5. The largest absolute Gasteiger partial charge is 0.493 e. The van der Waals surface area contributed by atoms with Gasteiger partial charge in [-0.2, -0.15) is 4.98 Å². The van der Waals surface area contributed by atoms with E-state index in [1.54, 1.807) is 13.3 Å². The summed E-state index contributed by atoms with van der Waals surface area (Å²) in [5, 5.41) is 14.2. The molecule has 8 nitrogen and oxygen atoms in total. The molecule has 3 aromatic rings. The van der Waals surface area contributed by atoms with E-state index in [4.69, 9.17) is 9.47 Å². The Kier molecular flexibility index (Phi) is 7.01. The van der Waals surface area contributed by atoms with Crippen LogP contribution in [0.4, 0.5) is 17.5 Å². The van der Waals surface area contributed by atoms with E-state index in [0.29, 0.717) is 37.1 Å². The molecule has 2 aliphatic rings. The number of benzene rings is 2. The van der Waals surface area contributed by atoms with Crippen LogP contribution in [0.2, 0.25) is 0 Å². The van der Waals surface area contributed by atoms with E-state index in [2.05, 4.69) is 20.2 Å². The first kappa shape index (κ1) is 23.4. The van der Waals surface area contributed by atoms with Crippen molar-refractivity contribution < 1.29 is 14.6 Å². The minimum absolute atomic E-state index is 0.489. The lowest BCUT2D eigenvalue weighted by molar-refractivity contribution is 0.00706. The van der Waals surface area contributed by atoms with Crippen LogP contribution in [0.25, 0.3) is 0 Å². The van der Waals surface area contributed by atoms with Crippen LogP contribution < -0.4 is 19.7 Å². The van der Waals surface area contributed by atoms with Crippen LogP contribution in [-0.2, 0) is 5.60 Å². The van der Waals surface area contributed by atoms with Crippen molar-refractivity contribution in [2.75, 3.05) is 56.7 Å². The van der Waals surface area contributed by atoms with Gasteiger partial charge in [0.25, 0.3) is 0 Å². The van der Waals surface area contributed by atoms with Crippen molar-refractivity contribution in [2.45, 2.75) is 24.9 Å². The SMILES string of the molecule is COc1ccc(Nc2nccc(N3CC(O)(c4ccccc4)C3)n2)cc1OCCCN1CCCC1. The first-order valence-corrected chi connectivity index (χ1v) is 12.3. The zero-order chi connectivity index (χ0) is 24.1. The molecule has 2 fully saturated rings. The summed E-state index contributed by atoms with van der Waals surface area (Å²) in [7, 11) is 1.65. The smallest absolute Gasteiger partial charge is 0.229 e. The van der Waals surface area contributed by atoms with E-state index in [-0.39, 0.29) is 0 Å². The molecular formula is C27H33N5O3. The number of β-amino-alcohol motifs (C(OH)–C–C–N with tert-alkyl or cyclic N) is 1. The van der Waals surface area contributed by atoms with Gasteiger partial charge in [-0.25, -0.2) is 4.98 Å². The highest BCUT2D eigenvalue weighted by Crippen LogP contribution is 2.35. The Morgan fingerprint density at radius 2 is 1.83 bits per heavy atom. The molecule has 0 unspecified atom stereocenters. The van der Waals surface area contributed by atoms with E-state index in [1.807, 2.05) is 59.5 Å². The Labute approximate surface area is 206 Å². The monoisotopic (exact) mass is 475 g/mol. The predicted molar refractivity (Wildman–Crippen MR) is 137 cm³/mol. The summed E-state index contributed by atoms with van der Waals surface area (Å²) in [6, 6.07) is 17.4. The van der Waals surface area contributed by atoms with Gasteiger partial charge in [0.05, 0.1) is 26.8 Å². The summed E-state index contributed by atoms with van der Waals surface area (Å²) in [6.07, 6.45) is 5.32. The zero-order valence-corrected chi connectivity index (χ0v) is 20.2. The highest BCUT2D eigenvalue weighted by molar-refractivity contribution is 5.61. The lowest BCUT2D eigenvalue weighted by Crippen LogP contribution is -2.59. The van der Waals surface area contributed by atoms with Gasteiger partial charge >= 0.3 is 0 Å². The fourth-order valence-electron chi connectivity index (χ4n) is 4.74. The first-order valence-electron chi connectivity index (χ1n) is 12.3. The van der Waals surface area contributed by atoms with Gasteiger partial charge in [0.15, 0.2) is 11.5 Å². The van der Waals surface area contributed by atoms with Gasteiger partial charge in [-0.1, -0.05) is 30.3 Å². The summed E-state index contributed by atoms with van der Waals surface area (Å²) in [4.78, 5) is 13.6. The van der Waals surface area contributed by atoms with Crippen molar-refractivity contribution in [3.63, 3.8) is 0 Å². The van der Waals surface area contributed by atoms with E-state index in [9.17, 15) is 5.11 Å². The Morgan fingerprint density at radius 3 is 2.60 bits per heavy atom. The molecule has 184 valence electrons. The lowest BCUT2D eigenvalue weighted by Gasteiger charge is -2.47. The molecule has 35 heavy (non-hydrogen) atoms. The molecule has 3 heterocycles. The summed E-state index contributed by atoms with van der Waals surface area (Å²) >= 11 is 0. The third-order valence-electron chi connectivity index (χ3n) is 6.68. The molecule has 0 atom stereocenters. The molecule has 2 N–H and O–H groups in total. The number of nitrogens with zero attached hydrogens (tertiary/aromatic N) is 4. The summed E-state index contributed by atoms with van der Waals surface area (Å²) in [6.45, 7) is 5.09. The Bertz CT molecular complexity index is 1110. The number of hydrogen-bond acceptors (Lipinski definition) is 8. The molecule has 2 aromatic carbocycles. The number of ether oxygens (including phenoxy) is 2. The number of nitrogens with one attached hydrogen (secondary N) is 1. The average Bonchev–Trinajstić information content (AvgIpc) is 3.39. The van der Waals surface area contributed by atoms with Crippen molar-refractivity contribution in [2.24, 2.45) is 0 Å². The van der Waals surface area contributed by atoms with Crippen LogP contribution in [0, 0.1) is 0 Å². The maximum absolute atomic E-state index is 10.9. The highest BCUT2D eigenvalue weighted by Gasteiger charge is 2.43. The van der Waals surface area contributed by atoms with E-state index in [1.165, 1.54) is 25.9 Å². The van der Waals surface area contributed by atoms with Crippen molar-refractivity contribution in [3.05, 3.63) is 66.4 Å². The quantitative estimate of drug-likeness (QED) is 0.429. The van der Waals surface area contributed by atoms with E-state index >= 15 is 0 Å². The normalized spacial score (nSPS) is 17.1. The van der Waals surface area contributed by atoms with Crippen LogP contribution in [0.1, 0.15) is 24.8 Å². The number of rotatable bonds is 10. The fourth-order valence-corrected chi connectivity index (χ4v) is 4.74. The van der Waals surface area contributed by atoms with Crippen LogP contribution in [0.3, 0.4) is 0 Å². The van der Waals surface area contributed by atoms with E-state index in [0.717, 1.165) is 30.0 Å². The minimum Gasteiger partial charge on any atom is -0.493 e. The van der Waals surface area contributed by atoms with Crippen LogP contribution in [-0.4, -0.2) is 66.4 Å². The van der Waals surface area contributed by atoms with Gasteiger partial charge in [0, 0.05) is 24.5 Å². The summed E-state index contributed by atoms with van der Waals surface area (Å²) in [5.41, 5.74) is 0.897. The van der Waals surface area contributed by atoms with Gasteiger partial charge in [-0.05, 0) is 56.1 Å². The average molecular weight is 476 g/mol. The first-order chi connectivity index (χ1) is 17.1. The lowest BCUT2D eigenvalue weighted by atomic mass is 9.86. The highest BCUT2D eigenvalue weighted by atomic mass is 16.5. The molecule has 0 amide bonds. The molecule has 1 aromatic heterocycles. The second kappa shape index (κ2) is 10.5. The van der Waals surface area contributed by atoms with Gasteiger partial charge in [0.2, 0.25) is 5.95 Å². The van der Waals surface area contributed by atoms with Crippen molar-refractivity contribution in [3.8, 4) is 11.5 Å². The van der Waals surface area contributed by atoms with Gasteiger partial charge < -0.3 is 29.7 Å². The van der Waals surface area contributed by atoms with Gasteiger partial charge in [-0.3, -0.25) is 0 Å². The molecule has 0 saturated carbocycles. The molecule has 0 bridgehead atoms. The standard InChI is InChI=1S/C27H33N5O3/c1-34-23-11-10-22(18-24(23)35-17-7-16-31-14-5-6-15-31)29-26-28-13-12-25(30-26)32-19-27(33,20-32)21-8-3-2-4-9-21/h2-4,8-13,18,33H,5-7,14-17,19-20H2,1H3,(H,28,29,30). The number of anilines is 3. The van der Waals surface area contributed by atoms with Crippen LogP contribution >= 0.6 is 0 Å². The predicted octanol–water partition coefficient (Wildman–Crippen LogP) is 3.80. The third kappa shape index (κ3) is 5.49. The molecular weight excluding hydrogens is 442 g/mol. The number of likely N-dealkylation sites (tertiary alicyclic amines) is 1. The maximum atomic E-state index is 10.9. The van der Waals surface area contributed by atoms with Gasteiger partial charge in [0.1, 0.15) is 11.4 Å². The van der Waals surface area contributed by atoms with Crippen molar-refractivity contribution >= 4 is 17.5 Å². The maximum Gasteiger partial charge on any atom is 0.229 e. The molecule has 5 rings (SSSR count). The van der Waals surface area contributed by atoms with Crippen LogP contribution in [0.15, 0.2) is 60.8 Å². The Hall–Kier alpha value is -3.36. The fraction of sp³-hybridized carbons (Fsp3) is 0.407. The second-order valence-corrected chi connectivity index (χ2v) is 9.23. The number of methoxy groups -OCH3 is 1. The second-order valence-electron chi connectivity index (χ2n) is 9.23. The molecule has 2 saturated heterocycles. The zero-order valence-electron chi connectivity index (χ0n) is 20.2. The molecule has 2 aliphatic heterocycles. The number of hydrogen-bond donors (Lipinski definition) is 2. The number of aliphatic hydroxyl groups is 1. The molecule has 8 heteroatoms. The minimum atomic E-state index is -0.850. The topological polar surface area (TPSA) is 83.0 Å². The Morgan fingerprint density at radius 1 is 1.03 bits per heavy atom. The van der Waals surface area contributed by atoms with Crippen molar-refractivity contribution in [1.82, 2.24) is 14.9 Å². The number of aromatic nitrogens is 2. The molecule has 0 spiro atoms. The summed E-state index contributed by atoms with van der Waals surface area (Å²) in [5.74, 6) is 2.66. The van der Waals surface area contributed by atoms with E-state index < -0.39 is 5.60 Å². The molecule has 0 aliphatic carbocycles. The third-order valence-corrected chi connectivity index (χ3v) is 6.68. The van der Waals surface area contributed by atoms with Gasteiger partial charge in [-0.15, -0.1) is 0 Å². The van der Waals surface area contributed by atoms with Crippen molar-refractivity contribution in [1.29, 1.82) is 0 Å². The van der Waals surface area contributed by atoms with Crippen LogP contribution in [0.5, 0.6) is 11.5 Å².